The van der Waals surface area contributed by atoms with Gasteiger partial charge < -0.3 is 15.8 Å². The lowest BCUT2D eigenvalue weighted by atomic mass is 10.1. The number of carbonyl (C=O) groups is 1. The average Bonchev–Trinajstić information content (AvgIpc) is 2.79. The van der Waals surface area contributed by atoms with Gasteiger partial charge in [0.05, 0.1) is 0 Å². The second kappa shape index (κ2) is 7.92. The molecule has 1 amide bonds. The number of thioether (sulfide) groups is 1. The summed E-state index contributed by atoms with van der Waals surface area (Å²) < 4.78 is 5.78. The van der Waals surface area contributed by atoms with Gasteiger partial charge in [-0.05, 0) is 54.1 Å². The molecule has 0 spiro atoms. The number of amides is 1. The molecular weight excluding hydrogens is 344 g/mol. The van der Waals surface area contributed by atoms with Crippen LogP contribution in [0.1, 0.15) is 17.2 Å². The molecule has 126 valence electrons. The van der Waals surface area contributed by atoms with E-state index < -0.39 is 0 Å². The summed E-state index contributed by atoms with van der Waals surface area (Å²) in [5.74, 6) is 2.38. The van der Waals surface area contributed by atoms with Crippen LogP contribution in [0.2, 0.25) is 5.02 Å². The first-order chi connectivity index (χ1) is 11.7. The van der Waals surface area contributed by atoms with E-state index in [9.17, 15) is 4.79 Å². The van der Waals surface area contributed by atoms with E-state index in [1.807, 2.05) is 36.4 Å². The molecule has 3 rings (SSSR count). The molecule has 0 bridgehead atoms. The first-order valence-electron chi connectivity index (χ1n) is 7.81. The van der Waals surface area contributed by atoms with Crippen molar-refractivity contribution in [1.82, 2.24) is 5.32 Å². The van der Waals surface area contributed by atoms with Crippen molar-refractivity contribution in [3.8, 4) is 11.5 Å². The van der Waals surface area contributed by atoms with Crippen LogP contribution < -0.4 is 15.8 Å². The fourth-order valence-corrected chi connectivity index (χ4v) is 3.88. The fourth-order valence-electron chi connectivity index (χ4n) is 2.53. The van der Waals surface area contributed by atoms with Gasteiger partial charge in [0.25, 0.3) is 0 Å². The number of nitrogens with one attached hydrogen (secondary N) is 1. The summed E-state index contributed by atoms with van der Waals surface area (Å²) in [4.78, 5) is 12.4. The number of hydrogen-bond acceptors (Lipinski definition) is 4. The van der Waals surface area contributed by atoms with Crippen LogP contribution in [0.4, 0.5) is 0 Å². The average molecular weight is 363 g/mol. The molecule has 2 aromatic rings. The standard InChI is InChI=1S/C18H19ClN2O2S/c19-13-3-7-16(8-4-13)23-15-5-1-12(2-6-15)17-18(22)21-14(11-20)9-10-24-17/h1-8,14,17H,9-11,20H2,(H,21,22)/t14-,17+/m0/s1. The zero-order chi connectivity index (χ0) is 16.9. The third kappa shape index (κ3) is 4.23. The topological polar surface area (TPSA) is 64.3 Å². The van der Waals surface area contributed by atoms with Crippen LogP contribution in [0.15, 0.2) is 48.5 Å². The highest BCUT2D eigenvalue weighted by Crippen LogP contribution is 2.33. The van der Waals surface area contributed by atoms with E-state index in [0.29, 0.717) is 11.6 Å². The minimum Gasteiger partial charge on any atom is -0.457 e. The molecule has 1 aliphatic heterocycles. The van der Waals surface area contributed by atoms with Crippen molar-refractivity contribution >= 4 is 29.3 Å². The van der Waals surface area contributed by atoms with Crippen molar-refractivity contribution in [2.45, 2.75) is 17.7 Å². The number of halogens is 1. The largest absolute Gasteiger partial charge is 0.457 e. The predicted octanol–water partition coefficient (Wildman–Crippen LogP) is 3.75. The van der Waals surface area contributed by atoms with Crippen molar-refractivity contribution < 1.29 is 9.53 Å². The predicted molar refractivity (Wildman–Crippen MR) is 98.8 cm³/mol. The lowest BCUT2D eigenvalue weighted by molar-refractivity contribution is -0.121. The van der Waals surface area contributed by atoms with E-state index in [4.69, 9.17) is 22.1 Å². The highest BCUT2D eigenvalue weighted by molar-refractivity contribution is 8.00. The summed E-state index contributed by atoms with van der Waals surface area (Å²) in [5, 5.41) is 3.48. The van der Waals surface area contributed by atoms with Gasteiger partial charge in [-0.1, -0.05) is 23.7 Å². The Bertz CT molecular complexity index is 691. The summed E-state index contributed by atoms with van der Waals surface area (Å²) in [7, 11) is 0. The van der Waals surface area contributed by atoms with E-state index in [0.717, 1.165) is 29.2 Å². The monoisotopic (exact) mass is 362 g/mol. The molecule has 3 N–H and O–H groups in total. The molecule has 24 heavy (non-hydrogen) atoms. The number of carbonyl (C=O) groups excluding carboxylic acids is 1. The molecular formula is C18H19ClN2O2S. The molecule has 1 heterocycles. The van der Waals surface area contributed by atoms with Gasteiger partial charge in [0.2, 0.25) is 5.91 Å². The van der Waals surface area contributed by atoms with Crippen LogP contribution in [0.3, 0.4) is 0 Å². The van der Waals surface area contributed by atoms with Crippen LogP contribution in [0.5, 0.6) is 11.5 Å². The van der Waals surface area contributed by atoms with Crippen LogP contribution in [-0.4, -0.2) is 24.2 Å². The lowest BCUT2D eigenvalue weighted by Gasteiger charge is -2.16. The second-order valence-corrected chi connectivity index (χ2v) is 7.26. The Labute approximate surface area is 150 Å². The third-order valence-corrected chi connectivity index (χ3v) is 5.40. The molecule has 4 nitrogen and oxygen atoms in total. The van der Waals surface area contributed by atoms with Gasteiger partial charge >= 0.3 is 0 Å². The molecule has 2 aromatic carbocycles. The molecule has 0 aliphatic carbocycles. The molecule has 0 saturated carbocycles. The second-order valence-electron chi connectivity index (χ2n) is 5.61. The Morgan fingerprint density at radius 2 is 1.75 bits per heavy atom. The normalized spacial score (nSPS) is 21.0. The van der Waals surface area contributed by atoms with Crippen LogP contribution >= 0.6 is 23.4 Å². The van der Waals surface area contributed by atoms with E-state index in [1.165, 1.54) is 0 Å². The molecule has 1 saturated heterocycles. The Balaban J connectivity index is 1.69. The molecule has 6 heteroatoms. The quantitative estimate of drug-likeness (QED) is 0.869. The van der Waals surface area contributed by atoms with Crippen molar-refractivity contribution in [2.75, 3.05) is 12.3 Å². The molecule has 0 radical (unpaired) electrons. The molecule has 1 aliphatic rings. The number of nitrogens with two attached hydrogens (primary N) is 1. The summed E-state index contributed by atoms with van der Waals surface area (Å²) in [6.07, 6.45) is 0.904. The van der Waals surface area contributed by atoms with Gasteiger partial charge in [0.15, 0.2) is 0 Å². The van der Waals surface area contributed by atoms with Gasteiger partial charge in [0, 0.05) is 17.6 Å². The molecule has 1 fully saturated rings. The maximum absolute atomic E-state index is 12.4. The van der Waals surface area contributed by atoms with Gasteiger partial charge in [-0.15, -0.1) is 11.8 Å². The summed E-state index contributed by atoms with van der Waals surface area (Å²) >= 11 is 7.52. The zero-order valence-electron chi connectivity index (χ0n) is 13.1. The highest BCUT2D eigenvalue weighted by Gasteiger charge is 2.26. The van der Waals surface area contributed by atoms with Gasteiger partial charge in [-0.25, -0.2) is 0 Å². The summed E-state index contributed by atoms with van der Waals surface area (Å²) in [6.45, 7) is 0.479. The van der Waals surface area contributed by atoms with Crippen molar-refractivity contribution in [1.29, 1.82) is 0 Å². The molecule has 0 unspecified atom stereocenters. The zero-order valence-corrected chi connectivity index (χ0v) is 14.6. The van der Waals surface area contributed by atoms with Crippen LogP contribution in [0, 0.1) is 0 Å². The molecule has 2 atom stereocenters. The number of ether oxygens (including phenoxy) is 1. The fraction of sp³-hybridized carbons (Fsp3) is 0.278. The van der Waals surface area contributed by atoms with E-state index >= 15 is 0 Å². The van der Waals surface area contributed by atoms with Gasteiger partial charge in [0.1, 0.15) is 16.7 Å². The van der Waals surface area contributed by atoms with E-state index in [-0.39, 0.29) is 17.2 Å². The van der Waals surface area contributed by atoms with Crippen LogP contribution in [-0.2, 0) is 4.79 Å². The van der Waals surface area contributed by atoms with Crippen molar-refractivity contribution in [3.63, 3.8) is 0 Å². The van der Waals surface area contributed by atoms with E-state index in [1.54, 1.807) is 23.9 Å². The Kier molecular flexibility index (Phi) is 5.66. The van der Waals surface area contributed by atoms with Crippen LogP contribution in [0.25, 0.3) is 0 Å². The Morgan fingerprint density at radius 1 is 1.12 bits per heavy atom. The first-order valence-corrected chi connectivity index (χ1v) is 9.24. The summed E-state index contributed by atoms with van der Waals surface area (Å²) in [6, 6.07) is 14.9. The summed E-state index contributed by atoms with van der Waals surface area (Å²) in [5.41, 5.74) is 6.64. The first kappa shape index (κ1) is 17.1. The minimum absolute atomic E-state index is 0.0271. The van der Waals surface area contributed by atoms with E-state index in [2.05, 4.69) is 5.32 Å². The Hall–Kier alpha value is -1.69. The van der Waals surface area contributed by atoms with Gasteiger partial charge in [-0.2, -0.15) is 0 Å². The number of hydrogen-bond donors (Lipinski definition) is 2. The third-order valence-electron chi connectivity index (χ3n) is 3.85. The van der Waals surface area contributed by atoms with Crippen molar-refractivity contribution in [3.05, 3.63) is 59.1 Å². The molecule has 0 aromatic heterocycles. The maximum atomic E-state index is 12.4. The number of rotatable bonds is 4. The lowest BCUT2D eigenvalue weighted by Crippen LogP contribution is -2.40. The van der Waals surface area contributed by atoms with Crippen molar-refractivity contribution in [2.24, 2.45) is 5.73 Å². The van der Waals surface area contributed by atoms with Gasteiger partial charge in [-0.3, -0.25) is 4.79 Å². The smallest absolute Gasteiger partial charge is 0.237 e. The Morgan fingerprint density at radius 3 is 2.38 bits per heavy atom. The number of benzene rings is 2. The highest BCUT2D eigenvalue weighted by atomic mass is 35.5. The SMILES string of the molecule is NC[C@@H]1CCS[C@H](c2ccc(Oc3ccc(Cl)cc3)cc2)C(=O)N1. The maximum Gasteiger partial charge on any atom is 0.237 e. The minimum atomic E-state index is -0.203.